The lowest BCUT2D eigenvalue weighted by molar-refractivity contribution is 0.417. The molecule has 360 valence electrons. The first-order valence-corrected chi connectivity index (χ1v) is 28.0. The molecule has 0 aliphatic carbocycles. The van der Waals surface area contributed by atoms with Gasteiger partial charge in [0.15, 0.2) is 0 Å². The first-order valence-electron chi connectivity index (χ1n) is 18.8. The normalized spacial score (nSPS) is 11.0. The van der Waals surface area contributed by atoms with E-state index in [0.717, 1.165) is 92.2 Å². The number of rotatable bonds is 2. The summed E-state index contributed by atoms with van der Waals surface area (Å²) in [6, 6.07) is 9.83. The van der Waals surface area contributed by atoms with Crippen LogP contribution in [0.2, 0.25) is 6.82 Å². The number of hydrogen-bond acceptors (Lipinski definition) is 14. The fourth-order valence-corrected chi connectivity index (χ4v) is 11.2. The second kappa shape index (κ2) is 26.2. The van der Waals surface area contributed by atoms with E-state index < -0.39 is 17.9 Å². The first-order chi connectivity index (χ1) is 31.6. The number of fused-ring (bicyclic) bond motifs is 5. The summed E-state index contributed by atoms with van der Waals surface area (Å²) in [5.74, 6) is 2.32. The molecule has 18 nitrogen and oxygen atoms in total. The standard InChI is InChI=1S/2C8H8BrN3.C7H5Br2N3OS.C7H5Br2N3S.C7H5Br2N3.CH5BO2.CH4/c1-5-3-8(9)12-7(5)4-10-6(2)11-12;1-5-3-7(9)8-4-10-6(2)11-12(5)8;1-14(13)7-10-3-5-4(8)2-6(9)12(5)11-7;1-13-7-10-3-5-4(8)2-6(9)12(5)11-7;1-4-10-3-6-5(8)2-7(9)12(6)11-4;1-2(3)4;/h2*3-4H,1-2H3;2-3H,1H3;2-3H,1H3;2-3H,1H3;3-4H,1H3;1H4. The molecule has 10 rings (SSSR count). The van der Waals surface area contributed by atoms with Gasteiger partial charge in [-0.25, -0.2) is 47.5 Å². The van der Waals surface area contributed by atoms with E-state index in [-0.39, 0.29) is 7.43 Å². The maximum Gasteiger partial charge on any atom is 0.448 e. The zero-order valence-corrected chi connectivity index (χ0v) is 50.5. The van der Waals surface area contributed by atoms with Crippen LogP contribution in [0.3, 0.4) is 0 Å². The van der Waals surface area contributed by atoms with Crippen LogP contribution in [0.15, 0.2) is 108 Å². The molecule has 0 spiro atoms. The molecule has 1 unspecified atom stereocenters. The third kappa shape index (κ3) is 15.0. The van der Waals surface area contributed by atoms with Gasteiger partial charge in [0.25, 0.3) is 0 Å². The molecule has 68 heavy (non-hydrogen) atoms. The Balaban J connectivity index is 0.000000181. The molecule has 0 bridgehead atoms. The minimum absolute atomic E-state index is 0. The van der Waals surface area contributed by atoms with Gasteiger partial charge in [-0.15, -0.1) is 10.2 Å². The van der Waals surface area contributed by atoms with Crippen molar-refractivity contribution < 1.29 is 14.3 Å². The van der Waals surface area contributed by atoms with E-state index in [0.29, 0.717) is 5.16 Å². The predicted molar refractivity (Wildman–Crippen MR) is 297 cm³/mol. The Labute approximate surface area is 465 Å². The van der Waals surface area contributed by atoms with Crippen LogP contribution in [0.4, 0.5) is 0 Å². The van der Waals surface area contributed by atoms with Crippen molar-refractivity contribution in [2.24, 2.45) is 0 Å². The zero-order chi connectivity index (χ0) is 49.4. The fourth-order valence-electron chi connectivity index (χ4n) is 5.39. The summed E-state index contributed by atoms with van der Waals surface area (Å²) >= 11 is 28.8. The molecule has 0 aromatic carbocycles. The molecule has 0 aliphatic rings. The number of nitrogens with zero attached hydrogens (tertiary/aromatic N) is 15. The van der Waals surface area contributed by atoms with Crippen molar-refractivity contribution in [2.45, 2.75) is 59.2 Å². The molecule has 10 aromatic heterocycles. The number of aryl methyl sites for hydroxylation is 5. The van der Waals surface area contributed by atoms with Crippen LogP contribution in [0, 0.1) is 34.6 Å². The van der Waals surface area contributed by atoms with Gasteiger partial charge in [0.2, 0.25) is 10.3 Å². The summed E-state index contributed by atoms with van der Waals surface area (Å²) in [5, 5.41) is 37.5. The highest BCUT2D eigenvalue weighted by Gasteiger charge is 2.11. The zero-order valence-electron chi connectivity index (χ0n) is 36.2. The molecule has 10 aromatic rings. The SMILES string of the molecule is C.CB(O)O.CS(=O)c1ncc2c(Br)cc(Br)n2n1.CSc1ncc2c(Br)cc(Br)n2n1.Cc1ncc2c(Br)cc(Br)n2n1.Cc1ncc2c(Br)cc(C)n2n1.Cc1ncc2c(C)cc(Br)n2n1. The maximum atomic E-state index is 11.2. The average molecular weight is 1480 g/mol. The van der Waals surface area contributed by atoms with Crippen LogP contribution in [-0.4, -0.2) is 107 Å². The number of thioether (sulfide) groups is 1. The Morgan fingerprint density at radius 3 is 1.31 bits per heavy atom. The van der Waals surface area contributed by atoms with Gasteiger partial charge in [-0.3, -0.25) is 4.21 Å². The van der Waals surface area contributed by atoms with Crippen LogP contribution in [0.25, 0.3) is 27.6 Å². The van der Waals surface area contributed by atoms with E-state index in [1.807, 2.05) is 97.1 Å². The largest absolute Gasteiger partial charge is 0.448 e. The van der Waals surface area contributed by atoms with Gasteiger partial charge in [0.05, 0.1) is 69.4 Å². The molecule has 2 N–H and O–H groups in total. The van der Waals surface area contributed by atoms with E-state index in [9.17, 15) is 4.21 Å². The Hall–Kier alpha value is -2.58. The van der Waals surface area contributed by atoms with Crippen molar-refractivity contribution >= 4 is 185 Å². The maximum absolute atomic E-state index is 11.2. The van der Waals surface area contributed by atoms with E-state index in [1.54, 1.807) is 33.9 Å². The molecular formula is C39H40BBr8N15O3S2. The van der Waals surface area contributed by atoms with Gasteiger partial charge in [-0.1, -0.05) is 19.2 Å². The van der Waals surface area contributed by atoms with Gasteiger partial charge in [-0.05, 0) is 211 Å². The summed E-state index contributed by atoms with van der Waals surface area (Å²) in [5.41, 5.74) is 7.12. The lowest BCUT2D eigenvalue weighted by Gasteiger charge is -1.97. The highest BCUT2D eigenvalue weighted by molar-refractivity contribution is 9.12. The molecule has 0 radical (unpaired) electrons. The van der Waals surface area contributed by atoms with Crippen molar-refractivity contribution in [3.8, 4) is 0 Å². The summed E-state index contributed by atoms with van der Waals surface area (Å²) in [4.78, 5) is 20.5. The lowest BCUT2D eigenvalue weighted by atomic mass is 9.99. The smallest absolute Gasteiger partial charge is 0.427 e. The molecule has 0 aliphatic heterocycles. The third-order valence-electron chi connectivity index (χ3n) is 8.34. The molecular weight excluding hydrogens is 1440 g/mol. The summed E-state index contributed by atoms with van der Waals surface area (Å²) in [6.07, 6.45) is 12.4. The Bertz CT molecular complexity index is 3160. The third-order valence-corrected chi connectivity index (χ3v) is 14.4. The van der Waals surface area contributed by atoms with E-state index >= 15 is 0 Å². The molecule has 29 heteroatoms. The van der Waals surface area contributed by atoms with E-state index in [2.05, 4.69) is 178 Å². The van der Waals surface area contributed by atoms with Crippen LogP contribution in [-0.2, 0) is 10.8 Å². The van der Waals surface area contributed by atoms with Crippen LogP contribution < -0.4 is 0 Å². The lowest BCUT2D eigenvalue weighted by Crippen LogP contribution is -2.02. The topological polar surface area (TPSA) is 208 Å². The molecule has 10 heterocycles. The Kier molecular flexibility index (Phi) is 22.4. The van der Waals surface area contributed by atoms with Crippen molar-refractivity contribution in [3.05, 3.63) is 126 Å². The van der Waals surface area contributed by atoms with Gasteiger partial charge in [-0.2, -0.15) is 15.3 Å². The summed E-state index contributed by atoms with van der Waals surface area (Å²) in [7, 11) is -2.33. The van der Waals surface area contributed by atoms with Crippen molar-refractivity contribution in [2.75, 3.05) is 12.5 Å². The Morgan fingerprint density at radius 2 is 0.853 bits per heavy atom. The van der Waals surface area contributed by atoms with Crippen molar-refractivity contribution in [1.82, 2.24) is 73.0 Å². The summed E-state index contributed by atoms with van der Waals surface area (Å²) < 4.78 is 27.7. The van der Waals surface area contributed by atoms with Gasteiger partial charge >= 0.3 is 7.12 Å². The predicted octanol–water partition coefficient (Wildman–Crippen LogP) is 11.5. The van der Waals surface area contributed by atoms with Crippen LogP contribution >= 0.6 is 139 Å². The van der Waals surface area contributed by atoms with Gasteiger partial charge in [0.1, 0.15) is 35.9 Å². The Morgan fingerprint density at radius 1 is 0.515 bits per heavy atom. The monoisotopic (exact) mass is 1470 g/mol. The number of aromatic nitrogens is 15. The molecule has 1 atom stereocenters. The van der Waals surface area contributed by atoms with Crippen LogP contribution in [0.5, 0.6) is 0 Å². The van der Waals surface area contributed by atoms with Crippen molar-refractivity contribution in [3.63, 3.8) is 0 Å². The minimum Gasteiger partial charge on any atom is -0.427 e. The molecule has 0 fully saturated rings. The number of halogens is 8. The molecule has 0 amide bonds. The summed E-state index contributed by atoms with van der Waals surface area (Å²) in [6.45, 7) is 11.0. The first kappa shape index (κ1) is 58.0. The van der Waals surface area contributed by atoms with Gasteiger partial charge < -0.3 is 10.0 Å². The fraction of sp³-hybridized carbons (Fsp3) is 0.231. The minimum atomic E-state index is -1.17. The highest BCUT2D eigenvalue weighted by Crippen LogP contribution is 2.27. The van der Waals surface area contributed by atoms with E-state index in [1.165, 1.54) is 24.1 Å². The quantitative estimate of drug-likeness (QED) is 0.122. The number of hydrogen-bond donors (Lipinski definition) is 2. The van der Waals surface area contributed by atoms with Gasteiger partial charge in [0, 0.05) is 29.8 Å². The van der Waals surface area contributed by atoms with Crippen LogP contribution in [0.1, 0.15) is 36.2 Å². The highest BCUT2D eigenvalue weighted by atomic mass is 79.9. The average Bonchev–Trinajstić information content (AvgIpc) is 4.01. The second-order valence-corrected chi connectivity index (χ2v) is 22.2. The van der Waals surface area contributed by atoms with Crippen molar-refractivity contribution in [1.29, 1.82) is 0 Å². The van der Waals surface area contributed by atoms with E-state index in [4.69, 9.17) is 10.0 Å². The molecule has 0 saturated heterocycles. The molecule has 0 saturated carbocycles. The second-order valence-electron chi connectivity index (χ2n) is 13.5.